The van der Waals surface area contributed by atoms with Crippen LogP contribution in [-0.4, -0.2) is 41.5 Å². The van der Waals surface area contributed by atoms with Gasteiger partial charge >= 0.3 is 0 Å². The first-order valence-corrected chi connectivity index (χ1v) is 11.7. The lowest BCUT2D eigenvalue weighted by Gasteiger charge is -2.37. The van der Waals surface area contributed by atoms with E-state index in [1.165, 1.54) is 47.0 Å². The third-order valence-corrected chi connectivity index (χ3v) is 7.58. The molecule has 0 N–H and O–H groups in total. The van der Waals surface area contributed by atoms with Gasteiger partial charge in [0.2, 0.25) is 0 Å². The lowest BCUT2D eigenvalue weighted by atomic mass is 9.99. The Bertz CT molecular complexity index is 823. The van der Waals surface area contributed by atoms with Crippen LogP contribution in [0.5, 0.6) is 0 Å². The van der Waals surface area contributed by atoms with Crippen molar-refractivity contribution in [2.24, 2.45) is 0 Å². The van der Waals surface area contributed by atoms with Crippen LogP contribution in [0.4, 0.5) is 11.4 Å². The maximum Gasteiger partial charge on any atom is 0.0565 e. The molecule has 0 bridgehead atoms. The molecule has 0 amide bonds. The minimum absolute atomic E-state index is 0.664. The average molecular weight is 387 g/mol. The molecule has 138 valence electrons. The van der Waals surface area contributed by atoms with Crippen molar-refractivity contribution in [1.82, 2.24) is 4.90 Å². The smallest absolute Gasteiger partial charge is 0.0565 e. The van der Waals surface area contributed by atoms with Crippen LogP contribution in [-0.2, 0) is 10.8 Å². The molecule has 1 unspecified atom stereocenters. The summed E-state index contributed by atoms with van der Waals surface area (Å²) < 4.78 is 12.0. The van der Waals surface area contributed by atoms with Crippen molar-refractivity contribution in [2.75, 3.05) is 31.3 Å². The summed E-state index contributed by atoms with van der Waals surface area (Å²) in [5.74, 6) is 0. The SMILES string of the molecule is CN1CCCC[C@H]1CCN1c2ccccc2Sc2ccc(S(C)=O)cc21. The predicted molar refractivity (Wildman–Crippen MR) is 111 cm³/mol. The Hall–Kier alpha value is -1.30. The summed E-state index contributed by atoms with van der Waals surface area (Å²) >= 11 is 1.82. The molecule has 2 heterocycles. The molecule has 2 aromatic rings. The van der Waals surface area contributed by atoms with Gasteiger partial charge < -0.3 is 9.80 Å². The van der Waals surface area contributed by atoms with E-state index in [1.807, 2.05) is 17.8 Å². The zero-order chi connectivity index (χ0) is 18.1. The van der Waals surface area contributed by atoms with Crippen LogP contribution in [0.1, 0.15) is 25.7 Å². The quantitative estimate of drug-likeness (QED) is 0.745. The maximum atomic E-state index is 12.0. The standard InChI is InChI=1S/C21H26N2OS2/c1-22-13-6-5-7-16(22)12-14-23-18-8-3-4-9-20(18)25-21-11-10-17(26(2)24)15-19(21)23/h3-4,8-11,15-16H,5-7,12-14H2,1-2H3/t16-,26?/m0/s1. The van der Waals surface area contributed by atoms with Crippen molar-refractivity contribution in [1.29, 1.82) is 0 Å². The molecule has 2 aromatic carbocycles. The van der Waals surface area contributed by atoms with Crippen LogP contribution >= 0.6 is 11.8 Å². The van der Waals surface area contributed by atoms with Gasteiger partial charge in [-0.05, 0) is 63.2 Å². The fraction of sp³-hybridized carbons (Fsp3) is 0.429. The number of para-hydroxylation sites is 1. The van der Waals surface area contributed by atoms with Crippen molar-refractivity contribution in [2.45, 2.75) is 46.4 Å². The van der Waals surface area contributed by atoms with Gasteiger partial charge in [-0.1, -0.05) is 30.3 Å². The van der Waals surface area contributed by atoms with Crippen molar-refractivity contribution in [3.8, 4) is 0 Å². The summed E-state index contributed by atoms with van der Waals surface area (Å²) in [7, 11) is 1.30. The molecule has 0 aliphatic carbocycles. The number of fused-ring (bicyclic) bond motifs is 2. The summed E-state index contributed by atoms with van der Waals surface area (Å²) in [5.41, 5.74) is 2.49. The molecule has 1 saturated heterocycles. The average Bonchev–Trinajstić information content (AvgIpc) is 2.66. The van der Waals surface area contributed by atoms with Gasteiger partial charge in [-0.2, -0.15) is 0 Å². The van der Waals surface area contributed by atoms with Crippen LogP contribution in [0, 0.1) is 0 Å². The molecule has 0 spiro atoms. The number of rotatable bonds is 4. The van der Waals surface area contributed by atoms with Crippen LogP contribution in [0.25, 0.3) is 0 Å². The third kappa shape index (κ3) is 3.57. The Morgan fingerprint density at radius 1 is 1.12 bits per heavy atom. The molecule has 0 radical (unpaired) electrons. The van der Waals surface area contributed by atoms with Gasteiger partial charge in [-0.25, -0.2) is 0 Å². The minimum atomic E-state index is -0.958. The second-order valence-electron chi connectivity index (χ2n) is 7.22. The van der Waals surface area contributed by atoms with E-state index in [4.69, 9.17) is 0 Å². The van der Waals surface area contributed by atoms with Gasteiger partial charge in [0.1, 0.15) is 0 Å². The first kappa shape index (κ1) is 18.1. The number of nitrogens with zero attached hydrogens (tertiary/aromatic N) is 2. The largest absolute Gasteiger partial charge is 0.340 e. The Balaban J connectivity index is 1.65. The van der Waals surface area contributed by atoms with E-state index in [0.717, 1.165) is 17.9 Å². The van der Waals surface area contributed by atoms with E-state index in [1.54, 1.807) is 6.26 Å². The Labute approximate surface area is 163 Å². The van der Waals surface area contributed by atoms with Crippen molar-refractivity contribution in [3.05, 3.63) is 42.5 Å². The zero-order valence-electron chi connectivity index (χ0n) is 15.5. The lowest BCUT2D eigenvalue weighted by molar-refractivity contribution is 0.178. The van der Waals surface area contributed by atoms with E-state index in [9.17, 15) is 4.21 Å². The second kappa shape index (κ2) is 7.75. The monoisotopic (exact) mass is 386 g/mol. The number of hydrogen-bond acceptors (Lipinski definition) is 4. The highest BCUT2D eigenvalue weighted by molar-refractivity contribution is 7.99. The van der Waals surface area contributed by atoms with E-state index >= 15 is 0 Å². The third-order valence-electron chi connectivity index (χ3n) is 5.54. The van der Waals surface area contributed by atoms with Crippen LogP contribution in [0.2, 0.25) is 0 Å². The van der Waals surface area contributed by atoms with Gasteiger partial charge in [-0.3, -0.25) is 4.21 Å². The summed E-state index contributed by atoms with van der Waals surface area (Å²) in [6.07, 6.45) is 6.88. The van der Waals surface area contributed by atoms with Gasteiger partial charge in [0.25, 0.3) is 0 Å². The molecule has 26 heavy (non-hydrogen) atoms. The van der Waals surface area contributed by atoms with Gasteiger partial charge in [0.15, 0.2) is 0 Å². The molecule has 0 aromatic heterocycles. The van der Waals surface area contributed by atoms with Gasteiger partial charge in [0, 0.05) is 44.3 Å². The first-order chi connectivity index (χ1) is 12.6. The highest BCUT2D eigenvalue weighted by Crippen LogP contribution is 2.48. The minimum Gasteiger partial charge on any atom is -0.340 e. The molecular formula is C21H26N2OS2. The summed E-state index contributed by atoms with van der Waals surface area (Å²) in [5, 5.41) is 0. The summed E-state index contributed by atoms with van der Waals surface area (Å²) in [6.45, 7) is 2.21. The highest BCUT2D eigenvalue weighted by Gasteiger charge is 2.26. The van der Waals surface area contributed by atoms with Crippen LogP contribution in [0.3, 0.4) is 0 Å². The molecular weight excluding hydrogens is 360 g/mol. The molecule has 5 heteroatoms. The fourth-order valence-electron chi connectivity index (χ4n) is 4.02. The number of likely N-dealkylation sites (tertiary alicyclic amines) is 1. The van der Waals surface area contributed by atoms with Crippen molar-refractivity contribution < 1.29 is 4.21 Å². The molecule has 2 aliphatic rings. The van der Waals surface area contributed by atoms with E-state index in [2.05, 4.69) is 53.2 Å². The second-order valence-corrected chi connectivity index (χ2v) is 9.69. The number of hydrogen-bond donors (Lipinski definition) is 0. The van der Waals surface area contributed by atoms with E-state index in [0.29, 0.717) is 6.04 Å². The van der Waals surface area contributed by atoms with Crippen molar-refractivity contribution in [3.63, 3.8) is 0 Å². The maximum absolute atomic E-state index is 12.0. The molecule has 2 aliphatic heterocycles. The Kier molecular flexibility index (Phi) is 5.39. The fourth-order valence-corrected chi connectivity index (χ4v) is 5.63. The van der Waals surface area contributed by atoms with E-state index in [-0.39, 0.29) is 0 Å². The highest BCUT2D eigenvalue weighted by atomic mass is 32.2. The summed E-state index contributed by atoms with van der Waals surface area (Å²) in [4.78, 5) is 8.44. The number of anilines is 2. The molecule has 3 nitrogen and oxygen atoms in total. The Morgan fingerprint density at radius 2 is 1.92 bits per heavy atom. The van der Waals surface area contributed by atoms with Crippen LogP contribution in [0.15, 0.2) is 57.2 Å². The predicted octanol–water partition coefficient (Wildman–Crippen LogP) is 4.90. The normalized spacial score (nSPS) is 21.2. The molecule has 4 rings (SSSR count). The lowest BCUT2D eigenvalue weighted by Crippen LogP contribution is -2.38. The van der Waals surface area contributed by atoms with Gasteiger partial charge in [0.05, 0.1) is 11.4 Å². The van der Waals surface area contributed by atoms with Gasteiger partial charge in [-0.15, -0.1) is 0 Å². The molecule has 1 fully saturated rings. The van der Waals surface area contributed by atoms with E-state index < -0.39 is 10.8 Å². The summed E-state index contributed by atoms with van der Waals surface area (Å²) in [6, 6.07) is 15.6. The van der Waals surface area contributed by atoms with Crippen LogP contribution < -0.4 is 4.90 Å². The number of piperidine rings is 1. The molecule has 2 atom stereocenters. The Morgan fingerprint density at radius 3 is 2.73 bits per heavy atom. The first-order valence-electron chi connectivity index (χ1n) is 9.35. The number of benzene rings is 2. The topological polar surface area (TPSA) is 23.6 Å². The van der Waals surface area contributed by atoms with Crippen molar-refractivity contribution >= 4 is 33.9 Å². The zero-order valence-corrected chi connectivity index (χ0v) is 17.1. The molecule has 0 saturated carbocycles.